The van der Waals surface area contributed by atoms with Crippen LogP contribution < -0.4 is 19.5 Å². The smallest absolute Gasteiger partial charge is 0.229 e. The molecule has 3 aromatic carbocycles. The van der Waals surface area contributed by atoms with E-state index in [4.69, 9.17) is 14.2 Å². The predicted molar refractivity (Wildman–Crippen MR) is 149 cm³/mol. The number of nitrogens with one attached hydrogen (secondary N) is 3. The Morgan fingerprint density at radius 2 is 1.57 bits per heavy atom. The zero-order valence-corrected chi connectivity index (χ0v) is 22.3. The zero-order chi connectivity index (χ0) is 25.5. The maximum absolute atomic E-state index is 11.4. The van der Waals surface area contributed by atoms with Crippen LogP contribution in [-0.4, -0.2) is 64.8 Å². The van der Waals surface area contributed by atoms with Crippen LogP contribution in [0.4, 0.5) is 5.69 Å². The van der Waals surface area contributed by atoms with Gasteiger partial charge in [-0.05, 0) is 42.0 Å². The summed E-state index contributed by atoms with van der Waals surface area (Å²) in [5.74, 6) is 1.53. The van der Waals surface area contributed by atoms with E-state index in [1.165, 1.54) is 0 Å². The number of anilines is 1. The molecule has 4 rings (SSSR count). The van der Waals surface area contributed by atoms with E-state index in [1.54, 1.807) is 31.4 Å². The number of methoxy groups -OCH3 is 1. The Balaban J connectivity index is 0.00000380. The Morgan fingerprint density at radius 1 is 0.919 bits per heavy atom. The van der Waals surface area contributed by atoms with Crippen molar-refractivity contribution in [2.75, 3.05) is 51.0 Å². The molecule has 1 aromatic heterocycles. The van der Waals surface area contributed by atoms with Gasteiger partial charge in [-0.1, -0.05) is 12.1 Å². The largest absolute Gasteiger partial charge is 0.492 e. The number of ether oxygens (including phenoxy) is 3. The average molecular weight is 550 g/mol. The summed E-state index contributed by atoms with van der Waals surface area (Å²) in [6.07, 6.45) is 0.307. The third-order valence-corrected chi connectivity index (χ3v) is 6.16. The molecular formula is C26H32ClN3O6S. The topological polar surface area (TPSA) is 122 Å². The minimum atomic E-state index is -3.37. The van der Waals surface area contributed by atoms with Gasteiger partial charge in [0.25, 0.3) is 0 Å². The number of hydrogen-bond acceptors (Lipinski definition) is 7. The van der Waals surface area contributed by atoms with Crippen LogP contribution in [0.2, 0.25) is 0 Å². The lowest BCUT2D eigenvalue weighted by atomic mass is 10.1. The first-order chi connectivity index (χ1) is 17.3. The summed E-state index contributed by atoms with van der Waals surface area (Å²) in [5, 5.41) is 15.8. The van der Waals surface area contributed by atoms with Gasteiger partial charge in [0.1, 0.15) is 24.7 Å². The molecule has 0 saturated carbocycles. The Kier molecular flexibility index (Phi) is 10.0. The molecule has 11 heteroatoms. The molecule has 37 heavy (non-hydrogen) atoms. The van der Waals surface area contributed by atoms with Crippen molar-refractivity contribution in [1.82, 2.24) is 10.3 Å². The second-order valence-corrected chi connectivity index (χ2v) is 10.2. The van der Waals surface area contributed by atoms with Gasteiger partial charge >= 0.3 is 0 Å². The number of aliphatic hydroxyl groups excluding tert-OH is 1. The third-order valence-electron chi connectivity index (χ3n) is 5.56. The van der Waals surface area contributed by atoms with Crippen LogP contribution in [0.5, 0.6) is 11.5 Å². The molecule has 0 spiro atoms. The van der Waals surface area contributed by atoms with Gasteiger partial charge in [-0.3, -0.25) is 4.72 Å². The number of rotatable bonds is 13. The molecule has 0 aliphatic heterocycles. The minimum absolute atomic E-state index is 0. The van der Waals surface area contributed by atoms with E-state index in [0.29, 0.717) is 44.2 Å². The van der Waals surface area contributed by atoms with Crippen molar-refractivity contribution in [3.05, 3.63) is 66.2 Å². The van der Waals surface area contributed by atoms with Crippen molar-refractivity contribution in [3.63, 3.8) is 0 Å². The van der Waals surface area contributed by atoms with Crippen LogP contribution in [0.1, 0.15) is 11.7 Å². The van der Waals surface area contributed by atoms with Gasteiger partial charge in [0.2, 0.25) is 10.0 Å². The van der Waals surface area contributed by atoms with E-state index in [0.717, 1.165) is 39.6 Å². The van der Waals surface area contributed by atoms with Crippen molar-refractivity contribution < 1.29 is 27.7 Å². The van der Waals surface area contributed by atoms with E-state index in [9.17, 15) is 13.5 Å². The predicted octanol–water partition coefficient (Wildman–Crippen LogP) is 3.84. The number of hydrogen-bond donors (Lipinski definition) is 4. The van der Waals surface area contributed by atoms with E-state index in [2.05, 4.69) is 15.0 Å². The number of halogens is 1. The molecule has 9 nitrogen and oxygen atoms in total. The van der Waals surface area contributed by atoms with Crippen LogP contribution in [0.25, 0.3) is 21.8 Å². The minimum Gasteiger partial charge on any atom is -0.492 e. The molecule has 0 fully saturated rings. The van der Waals surface area contributed by atoms with Crippen molar-refractivity contribution >= 4 is 49.9 Å². The number of sulfonamides is 1. The van der Waals surface area contributed by atoms with E-state index < -0.39 is 16.1 Å². The summed E-state index contributed by atoms with van der Waals surface area (Å²) in [6.45, 7) is 2.30. The molecule has 1 atom stereocenters. The monoisotopic (exact) mass is 549 g/mol. The maximum atomic E-state index is 11.4. The van der Waals surface area contributed by atoms with Gasteiger partial charge in [0.05, 0.1) is 30.0 Å². The molecule has 4 N–H and O–H groups in total. The number of aromatic amines is 1. The van der Waals surface area contributed by atoms with Crippen LogP contribution in [-0.2, 0) is 14.8 Å². The standard InChI is InChI=1S/C26H31N3O6S.ClH/c1-33-12-13-35-21-7-9-23-22-8-6-20(15-24(22)28-25(23)16-21)34-11-10-27-17-26(30)18-4-3-5-19(14-18)29-36(2,31)32;/h3-9,14-16,26-30H,10-13,17H2,1-2H3;1H/t26-;/m0./s1. The first kappa shape index (κ1) is 28.5. The summed E-state index contributed by atoms with van der Waals surface area (Å²) in [6, 6.07) is 18.6. The Labute approximate surface area is 222 Å². The fraction of sp³-hybridized carbons (Fsp3) is 0.308. The normalized spacial score (nSPS) is 12.3. The molecular weight excluding hydrogens is 518 g/mol. The lowest BCUT2D eigenvalue weighted by Gasteiger charge is -2.14. The summed E-state index contributed by atoms with van der Waals surface area (Å²) in [5.41, 5.74) is 3.00. The number of aliphatic hydroxyl groups is 1. The highest BCUT2D eigenvalue weighted by Gasteiger charge is 2.10. The second kappa shape index (κ2) is 13.0. The number of aromatic nitrogens is 1. The van der Waals surface area contributed by atoms with E-state index >= 15 is 0 Å². The fourth-order valence-corrected chi connectivity index (χ4v) is 4.47. The summed E-state index contributed by atoms with van der Waals surface area (Å²) < 4.78 is 41.8. The molecule has 0 saturated heterocycles. The van der Waals surface area contributed by atoms with Crippen LogP contribution in [0.15, 0.2) is 60.7 Å². The highest BCUT2D eigenvalue weighted by atomic mass is 35.5. The maximum Gasteiger partial charge on any atom is 0.229 e. The number of fused-ring (bicyclic) bond motifs is 3. The van der Waals surface area contributed by atoms with E-state index in [-0.39, 0.29) is 12.4 Å². The average Bonchev–Trinajstić information content (AvgIpc) is 3.20. The van der Waals surface area contributed by atoms with Crippen molar-refractivity contribution in [1.29, 1.82) is 0 Å². The van der Waals surface area contributed by atoms with Gasteiger partial charge < -0.3 is 29.6 Å². The Bertz CT molecular complexity index is 1430. The zero-order valence-electron chi connectivity index (χ0n) is 20.7. The third kappa shape index (κ3) is 7.98. The number of benzene rings is 3. The van der Waals surface area contributed by atoms with Crippen LogP contribution in [0.3, 0.4) is 0 Å². The molecule has 0 aliphatic rings. The highest BCUT2D eigenvalue weighted by Crippen LogP contribution is 2.30. The molecule has 1 heterocycles. The van der Waals surface area contributed by atoms with Gasteiger partial charge in [0, 0.05) is 48.8 Å². The lowest BCUT2D eigenvalue weighted by molar-refractivity contribution is 0.146. The van der Waals surface area contributed by atoms with Gasteiger partial charge in [-0.2, -0.15) is 0 Å². The quantitative estimate of drug-likeness (QED) is 0.187. The van der Waals surface area contributed by atoms with Gasteiger partial charge in [-0.15, -0.1) is 12.4 Å². The van der Waals surface area contributed by atoms with Crippen molar-refractivity contribution in [3.8, 4) is 11.5 Å². The van der Waals surface area contributed by atoms with Crippen LogP contribution in [0, 0.1) is 0 Å². The van der Waals surface area contributed by atoms with Gasteiger partial charge in [0.15, 0.2) is 0 Å². The summed E-state index contributed by atoms with van der Waals surface area (Å²) in [4.78, 5) is 3.42. The molecule has 0 aliphatic carbocycles. The molecule has 4 aromatic rings. The number of H-pyrrole nitrogens is 1. The first-order valence-electron chi connectivity index (χ1n) is 11.6. The molecule has 0 amide bonds. The fourth-order valence-electron chi connectivity index (χ4n) is 3.91. The second-order valence-electron chi connectivity index (χ2n) is 8.45. The SMILES string of the molecule is COCCOc1ccc2c(c1)[nH]c1cc(OCCNC[C@H](O)c3cccc(NS(C)(=O)=O)c3)ccc12.Cl. The Morgan fingerprint density at radius 3 is 2.19 bits per heavy atom. The molecule has 0 unspecified atom stereocenters. The summed E-state index contributed by atoms with van der Waals surface area (Å²) in [7, 11) is -1.73. The van der Waals surface area contributed by atoms with Gasteiger partial charge in [-0.25, -0.2) is 8.42 Å². The molecule has 200 valence electrons. The highest BCUT2D eigenvalue weighted by molar-refractivity contribution is 7.92. The van der Waals surface area contributed by atoms with Crippen molar-refractivity contribution in [2.24, 2.45) is 0 Å². The van der Waals surface area contributed by atoms with Crippen LogP contribution >= 0.6 is 12.4 Å². The lowest BCUT2D eigenvalue weighted by Crippen LogP contribution is -2.26. The van der Waals surface area contributed by atoms with E-state index in [1.807, 2.05) is 36.4 Å². The Hall–Kier alpha value is -3.02. The molecule has 0 bridgehead atoms. The molecule has 0 radical (unpaired) electrons. The first-order valence-corrected chi connectivity index (χ1v) is 13.5. The summed E-state index contributed by atoms with van der Waals surface area (Å²) >= 11 is 0. The van der Waals surface area contributed by atoms with Crippen molar-refractivity contribution in [2.45, 2.75) is 6.10 Å².